The summed E-state index contributed by atoms with van der Waals surface area (Å²) in [5.74, 6) is 0. The van der Waals surface area contributed by atoms with Gasteiger partial charge in [-0.2, -0.15) is 0 Å². The first-order valence-electron chi connectivity index (χ1n) is 18.7. The van der Waals surface area contributed by atoms with Crippen molar-refractivity contribution in [2.45, 2.75) is 19.3 Å². The van der Waals surface area contributed by atoms with Gasteiger partial charge < -0.3 is 0 Å². The van der Waals surface area contributed by atoms with Gasteiger partial charge in [-0.05, 0) is 122 Å². The number of hydrogen-bond acceptors (Lipinski definition) is 0. The van der Waals surface area contributed by atoms with Crippen LogP contribution in [-0.2, 0) is 5.41 Å². The molecular weight excluding hydrogens is 637 g/mol. The Hall–Kier alpha value is -6.50. The van der Waals surface area contributed by atoms with Gasteiger partial charge in [0.25, 0.3) is 0 Å². The standard InChI is InChI=1S/C53H36/c1-53(2)51-46(27-14-28-47(51)50-40-21-7-5-19-38(40)39-20-6-12-26-45(39)52(50)53)49-43-24-10-8-22-41(43)48(42-23-9-11-25-44(42)49)37-18-13-17-35(32-37)36-30-29-33-15-3-4-16-34(33)31-36/h3-32H,1-2H3. The van der Waals surface area contributed by atoms with Crippen LogP contribution in [-0.4, -0.2) is 0 Å². The molecule has 0 amide bonds. The summed E-state index contributed by atoms with van der Waals surface area (Å²) in [5.41, 5.74) is 13.0. The SMILES string of the molecule is CC1(C)c2c(-c3c4ccccc4c(-c4cccc(-c5ccc6ccccc6c5)c4)c4ccccc34)cccc2-c2c1c1ccccc1c1ccccc21. The minimum atomic E-state index is -0.222. The molecule has 0 fully saturated rings. The Balaban J connectivity index is 1.19. The molecule has 10 aromatic carbocycles. The second-order valence-electron chi connectivity index (χ2n) is 15.2. The van der Waals surface area contributed by atoms with Gasteiger partial charge in [-0.1, -0.05) is 184 Å². The van der Waals surface area contributed by atoms with Gasteiger partial charge in [-0.3, -0.25) is 0 Å². The van der Waals surface area contributed by atoms with Gasteiger partial charge in [0.05, 0.1) is 0 Å². The molecular formula is C53H36. The Morgan fingerprint density at radius 2 is 0.736 bits per heavy atom. The summed E-state index contributed by atoms with van der Waals surface area (Å²) in [6.07, 6.45) is 0. The number of rotatable bonds is 3. The lowest BCUT2D eigenvalue weighted by Gasteiger charge is -2.27. The molecule has 0 heterocycles. The second-order valence-corrected chi connectivity index (χ2v) is 15.2. The van der Waals surface area contributed by atoms with Crippen LogP contribution in [0.2, 0.25) is 0 Å². The van der Waals surface area contributed by atoms with Crippen molar-refractivity contribution in [3.63, 3.8) is 0 Å². The molecule has 0 saturated carbocycles. The summed E-state index contributed by atoms with van der Waals surface area (Å²) in [4.78, 5) is 0. The third-order valence-corrected chi connectivity index (χ3v) is 12.0. The van der Waals surface area contributed by atoms with Crippen LogP contribution >= 0.6 is 0 Å². The van der Waals surface area contributed by atoms with E-state index in [1.165, 1.54) is 109 Å². The van der Waals surface area contributed by atoms with Gasteiger partial charge in [0.2, 0.25) is 0 Å². The van der Waals surface area contributed by atoms with Crippen LogP contribution in [0.1, 0.15) is 25.0 Å². The summed E-state index contributed by atoms with van der Waals surface area (Å²) >= 11 is 0. The highest BCUT2D eigenvalue weighted by Crippen LogP contribution is 2.58. The van der Waals surface area contributed by atoms with Crippen LogP contribution in [0, 0.1) is 0 Å². The van der Waals surface area contributed by atoms with E-state index in [-0.39, 0.29) is 5.41 Å². The van der Waals surface area contributed by atoms with E-state index >= 15 is 0 Å². The topological polar surface area (TPSA) is 0 Å². The Bertz CT molecular complexity index is 3080. The van der Waals surface area contributed by atoms with E-state index < -0.39 is 0 Å². The Morgan fingerprint density at radius 1 is 0.283 bits per heavy atom. The zero-order valence-electron chi connectivity index (χ0n) is 29.8. The van der Waals surface area contributed by atoms with E-state index in [1.54, 1.807) is 0 Å². The van der Waals surface area contributed by atoms with Crippen LogP contribution in [0.25, 0.3) is 98.4 Å². The summed E-state index contributed by atoms with van der Waals surface area (Å²) in [5, 5.41) is 13.0. The molecule has 248 valence electrons. The van der Waals surface area contributed by atoms with E-state index in [1.807, 2.05) is 0 Å². The molecule has 0 nitrogen and oxygen atoms in total. The summed E-state index contributed by atoms with van der Waals surface area (Å²) in [6, 6.07) is 67.7. The highest BCUT2D eigenvalue weighted by Gasteiger charge is 2.40. The predicted octanol–water partition coefficient (Wildman–Crippen LogP) is 14.8. The highest BCUT2D eigenvalue weighted by molar-refractivity contribution is 6.23. The van der Waals surface area contributed by atoms with Crippen molar-refractivity contribution < 1.29 is 0 Å². The van der Waals surface area contributed by atoms with Crippen molar-refractivity contribution in [1.29, 1.82) is 0 Å². The fourth-order valence-corrected chi connectivity index (χ4v) is 9.79. The largest absolute Gasteiger partial charge is 0.0616 e. The Kier molecular flexibility index (Phi) is 6.40. The molecule has 0 unspecified atom stereocenters. The van der Waals surface area contributed by atoms with Gasteiger partial charge in [0, 0.05) is 5.41 Å². The molecule has 10 aromatic rings. The quantitative estimate of drug-likeness (QED) is 0.129. The van der Waals surface area contributed by atoms with E-state index in [9.17, 15) is 0 Å². The van der Waals surface area contributed by atoms with Crippen molar-refractivity contribution in [2.24, 2.45) is 0 Å². The molecule has 0 spiro atoms. The van der Waals surface area contributed by atoms with E-state index in [2.05, 4.69) is 196 Å². The highest BCUT2D eigenvalue weighted by atomic mass is 14.4. The van der Waals surface area contributed by atoms with E-state index in [0.29, 0.717) is 0 Å². The molecule has 0 aliphatic heterocycles. The molecule has 0 N–H and O–H groups in total. The molecule has 0 aromatic heterocycles. The molecule has 53 heavy (non-hydrogen) atoms. The van der Waals surface area contributed by atoms with Crippen molar-refractivity contribution >= 4 is 53.9 Å². The fraction of sp³-hybridized carbons (Fsp3) is 0.0566. The maximum absolute atomic E-state index is 2.44. The van der Waals surface area contributed by atoms with Crippen molar-refractivity contribution in [3.05, 3.63) is 193 Å². The lowest BCUT2D eigenvalue weighted by Crippen LogP contribution is -2.17. The first-order valence-corrected chi connectivity index (χ1v) is 18.7. The van der Waals surface area contributed by atoms with E-state index in [4.69, 9.17) is 0 Å². The molecule has 0 heteroatoms. The molecule has 0 radical (unpaired) electrons. The smallest absolute Gasteiger partial charge is 0.0171 e. The van der Waals surface area contributed by atoms with Gasteiger partial charge in [-0.25, -0.2) is 0 Å². The number of hydrogen-bond donors (Lipinski definition) is 0. The van der Waals surface area contributed by atoms with Crippen molar-refractivity contribution in [3.8, 4) is 44.5 Å². The van der Waals surface area contributed by atoms with Crippen molar-refractivity contribution in [2.75, 3.05) is 0 Å². The molecule has 11 rings (SSSR count). The molecule has 0 bridgehead atoms. The lowest BCUT2D eigenvalue weighted by molar-refractivity contribution is 0.668. The zero-order valence-corrected chi connectivity index (χ0v) is 29.8. The van der Waals surface area contributed by atoms with Crippen molar-refractivity contribution in [1.82, 2.24) is 0 Å². The van der Waals surface area contributed by atoms with E-state index in [0.717, 1.165) is 0 Å². The summed E-state index contributed by atoms with van der Waals surface area (Å²) in [7, 11) is 0. The summed E-state index contributed by atoms with van der Waals surface area (Å²) < 4.78 is 0. The Labute approximate surface area is 309 Å². The maximum atomic E-state index is 2.44. The van der Waals surface area contributed by atoms with Crippen LogP contribution in [0.5, 0.6) is 0 Å². The second kappa shape index (κ2) is 11.2. The minimum Gasteiger partial charge on any atom is -0.0616 e. The fourth-order valence-electron chi connectivity index (χ4n) is 9.79. The zero-order chi connectivity index (χ0) is 35.3. The van der Waals surface area contributed by atoms with Crippen LogP contribution in [0.15, 0.2) is 182 Å². The molecule has 1 aliphatic rings. The maximum Gasteiger partial charge on any atom is 0.0171 e. The predicted molar refractivity (Wildman–Crippen MR) is 228 cm³/mol. The summed E-state index contributed by atoms with van der Waals surface area (Å²) in [6.45, 7) is 4.89. The normalized spacial score (nSPS) is 13.2. The average Bonchev–Trinajstić information content (AvgIpc) is 3.47. The number of benzene rings is 10. The van der Waals surface area contributed by atoms with Gasteiger partial charge in [0.15, 0.2) is 0 Å². The van der Waals surface area contributed by atoms with Crippen LogP contribution in [0.3, 0.4) is 0 Å². The first kappa shape index (κ1) is 30.2. The molecule has 0 saturated heterocycles. The number of fused-ring (bicyclic) bond motifs is 11. The third kappa shape index (κ3) is 4.30. The lowest BCUT2D eigenvalue weighted by atomic mass is 9.75. The van der Waals surface area contributed by atoms with Gasteiger partial charge in [-0.15, -0.1) is 0 Å². The van der Waals surface area contributed by atoms with Crippen LogP contribution < -0.4 is 0 Å². The minimum absolute atomic E-state index is 0.222. The Morgan fingerprint density at radius 3 is 1.40 bits per heavy atom. The van der Waals surface area contributed by atoms with Gasteiger partial charge in [0.1, 0.15) is 0 Å². The average molecular weight is 673 g/mol. The molecule has 1 aliphatic carbocycles. The van der Waals surface area contributed by atoms with Crippen LogP contribution in [0.4, 0.5) is 0 Å². The monoisotopic (exact) mass is 672 g/mol. The molecule has 0 atom stereocenters. The third-order valence-electron chi connectivity index (χ3n) is 12.0. The van der Waals surface area contributed by atoms with Gasteiger partial charge >= 0.3 is 0 Å². The first-order chi connectivity index (χ1) is 26.1.